The highest BCUT2D eigenvalue weighted by molar-refractivity contribution is 7.47. The Labute approximate surface area is 249 Å². The minimum Gasteiger partial charge on any atom is -0.464 e. The number of esters is 1. The van der Waals surface area contributed by atoms with E-state index in [4.69, 9.17) is 18.5 Å². The quantitative estimate of drug-likeness (QED) is 0.0937. The number of ether oxygens (including phenoxy) is 2. The number of phosphoric acid groups is 1. The lowest BCUT2D eigenvalue weighted by Crippen LogP contribution is -2.51. The first kappa shape index (κ1) is 33.2. The van der Waals surface area contributed by atoms with E-state index in [9.17, 15) is 14.3 Å². The van der Waals surface area contributed by atoms with Crippen LogP contribution >= 0.6 is 7.82 Å². The van der Waals surface area contributed by atoms with Gasteiger partial charge in [-0.3, -0.25) is 9.05 Å². The third-order valence-corrected chi connectivity index (χ3v) is 12.6. The van der Waals surface area contributed by atoms with Crippen LogP contribution in [0.25, 0.3) is 0 Å². The van der Waals surface area contributed by atoms with Crippen molar-refractivity contribution in [3.05, 3.63) is 11.6 Å². The fourth-order valence-electron chi connectivity index (χ4n) is 9.54. The van der Waals surface area contributed by atoms with Gasteiger partial charge in [-0.1, -0.05) is 65.5 Å². The van der Waals surface area contributed by atoms with E-state index in [-0.39, 0.29) is 31.3 Å². The topological polar surface area (TPSA) is 91.3 Å². The Morgan fingerprint density at radius 3 is 2.56 bits per heavy atom. The lowest BCUT2D eigenvalue weighted by molar-refractivity contribution is -0.146. The largest absolute Gasteiger partial charge is 0.472 e. The zero-order chi connectivity index (χ0) is 29.8. The number of phosphoric ester groups is 1. The maximum Gasteiger partial charge on any atom is 0.472 e. The van der Waals surface area contributed by atoms with Crippen LogP contribution in [0.15, 0.2) is 11.6 Å². The average Bonchev–Trinajstić information content (AvgIpc) is 3.27. The number of fused-ring (bicyclic) bond motifs is 5. The minimum absolute atomic E-state index is 0.0640. The van der Waals surface area contributed by atoms with Crippen LogP contribution < -0.4 is 0 Å². The van der Waals surface area contributed by atoms with E-state index in [1.165, 1.54) is 51.4 Å². The second-order valence-corrected chi connectivity index (χ2v) is 15.9. The molecule has 9 atom stereocenters. The fourth-order valence-corrected chi connectivity index (χ4v) is 10.2. The molecule has 8 heteroatoms. The van der Waals surface area contributed by atoms with E-state index in [0.29, 0.717) is 5.41 Å². The summed E-state index contributed by atoms with van der Waals surface area (Å²) in [5.74, 6) is 4.29. The molecule has 4 rings (SSSR count). The molecule has 0 amide bonds. The molecule has 0 spiro atoms. The smallest absolute Gasteiger partial charge is 0.464 e. The molecule has 0 saturated heterocycles. The highest BCUT2D eigenvalue weighted by Crippen LogP contribution is 2.67. The van der Waals surface area contributed by atoms with Crippen molar-refractivity contribution >= 4 is 13.8 Å². The SMILES string of the molecule is CCOC(=O)COP(=O)(O)OCCO[C@H]1CC[C@@]2(C)C(=CC[C@H]3[C@@H]4CC[C@H]([C@H](C)CCCC(C)C)[C@@]4(C)CC[C@@H]32)C1. The van der Waals surface area contributed by atoms with Gasteiger partial charge in [-0.05, 0) is 105 Å². The number of hydrogen-bond acceptors (Lipinski definition) is 6. The van der Waals surface area contributed by atoms with Gasteiger partial charge in [0.05, 0.1) is 25.9 Å². The zero-order valence-electron chi connectivity index (χ0n) is 26.6. The summed E-state index contributed by atoms with van der Waals surface area (Å²) in [6.45, 7) is 13.8. The summed E-state index contributed by atoms with van der Waals surface area (Å²) in [4.78, 5) is 21.1. The van der Waals surface area contributed by atoms with Gasteiger partial charge in [0.25, 0.3) is 0 Å². The first-order chi connectivity index (χ1) is 19.4. The van der Waals surface area contributed by atoms with E-state index in [1.807, 2.05) is 0 Å². The third kappa shape index (κ3) is 7.69. The molecule has 3 saturated carbocycles. The average molecular weight is 597 g/mol. The van der Waals surface area contributed by atoms with Crippen LogP contribution in [0.4, 0.5) is 0 Å². The van der Waals surface area contributed by atoms with E-state index >= 15 is 0 Å². The van der Waals surface area contributed by atoms with Crippen molar-refractivity contribution in [2.75, 3.05) is 26.4 Å². The van der Waals surface area contributed by atoms with E-state index in [2.05, 4.69) is 40.7 Å². The van der Waals surface area contributed by atoms with Crippen LogP contribution in [0.2, 0.25) is 0 Å². The maximum absolute atomic E-state index is 12.0. The molecule has 0 aromatic heterocycles. The number of rotatable bonds is 14. The molecule has 3 fully saturated rings. The molecule has 0 aromatic rings. The van der Waals surface area contributed by atoms with Crippen LogP contribution in [-0.4, -0.2) is 43.4 Å². The van der Waals surface area contributed by atoms with E-state index < -0.39 is 20.4 Å². The summed E-state index contributed by atoms with van der Waals surface area (Å²) in [6.07, 6.45) is 16.7. The number of carbonyl (C=O) groups excluding carboxylic acids is 1. The van der Waals surface area contributed by atoms with Crippen LogP contribution in [0.3, 0.4) is 0 Å². The van der Waals surface area contributed by atoms with Crippen LogP contribution in [0.1, 0.15) is 112 Å². The third-order valence-electron chi connectivity index (χ3n) is 11.6. The Hall–Kier alpha value is -0.720. The molecule has 0 aliphatic heterocycles. The van der Waals surface area contributed by atoms with Crippen molar-refractivity contribution in [2.45, 2.75) is 118 Å². The Kier molecular flexibility index (Phi) is 11.3. The fraction of sp³-hybridized carbons (Fsp3) is 0.909. The van der Waals surface area contributed by atoms with Gasteiger partial charge in [0.2, 0.25) is 0 Å². The number of allylic oxidation sites excluding steroid dienone is 1. The second kappa shape index (κ2) is 13.9. The molecule has 4 aliphatic carbocycles. The summed E-state index contributed by atoms with van der Waals surface area (Å²) in [5.41, 5.74) is 2.34. The predicted molar refractivity (Wildman–Crippen MR) is 161 cm³/mol. The van der Waals surface area contributed by atoms with Gasteiger partial charge in [-0.15, -0.1) is 0 Å². The van der Waals surface area contributed by atoms with Gasteiger partial charge < -0.3 is 14.4 Å². The Morgan fingerprint density at radius 2 is 1.83 bits per heavy atom. The number of hydrogen-bond donors (Lipinski definition) is 1. The molecular weight excluding hydrogens is 539 g/mol. The van der Waals surface area contributed by atoms with Gasteiger partial charge >= 0.3 is 13.8 Å². The molecule has 7 nitrogen and oxygen atoms in total. The van der Waals surface area contributed by atoms with Gasteiger partial charge in [0.15, 0.2) is 6.61 Å². The first-order valence-corrected chi connectivity index (χ1v) is 18.0. The summed E-state index contributed by atoms with van der Waals surface area (Å²) < 4.78 is 32.5. The van der Waals surface area contributed by atoms with Crippen molar-refractivity contribution in [2.24, 2.45) is 46.3 Å². The lowest BCUT2D eigenvalue weighted by Gasteiger charge is -2.58. The summed E-state index contributed by atoms with van der Waals surface area (Å²) >= 11 is 0. The zero-order valence-corrected chi connectivity index (χ0v) is 27.5. The molecule has 0 radical (unpaired) electrons. The monoisotopic (exact) mass is 596 g/mol. The molecule has 0 heterocycles. The summed E-state index contributed by atoms with van der Waals surface area (Å²) in [5, 5.41) is 0. The van der Waals surface area contributed by atoms with Crippen molar-refractivity contribution in [3.63, 3.8) is 0 Å². The molecular formula is C33H57O7P. The van der Waals surface area contributed by atoms with Gasteiger partial charge in [0.1, 0.15) is 0 Å². The Morgan fingerprint density at radius 1 is 1.05 bits per heavy atom. The Balaban J connectivity index is 1.28. The highest BCUT2D eigenvalue weighted by atomic mass is 31.2. The summed E-state index contributed by atoms with van der Waals surface area (Å²) in [7, 11) is -4.32. The predicted octanol–water partition coefficient (Wildman–Crippen LogP) is 8.11. The van der Waals surface area contributed by atoms with E-state index in [1.54, 1.807) is 12.5 Å². The minimum atomic E-state index is -4.32. The molecule has 0 aromatic carbocycles. The van der Waals surface area contributed by atoms with Crippen molar-refractivity contribution in [1.82, 2.24) is 0 Å². The van der Waals surface area contributed by atoms with Crippen LogP contribution in [-0.2, 0) is 27.9 Å². The van der Waals surface area contributed by atoms with Crippen LogP contribution in [0, 0.1) is 46.3 Å². The van der Waals surface area contributed by atoms with E-state index in [0.717, 1.165) is 54.8 Å². The number of carbonyl (C=O) groups is 1. The van der Waals surface area contributed by atoms with Crippen molar-refractivity contribution in [3.8, 4) is 0 Å². The molecule has 236 valence electrons. The molecule has 1 N–H and O–H groups in total. The van der Waals surface area contributed by atoms with Gasteiger partial charge in [-0.2, -0.15) is 0 Å². The molecule has 41 heavy (non-hydrogen) atoms. The standard InChI is InChI=1S/C33H57O7P/c1-7-37-31(34)22-40-41(35,36)39-20-19-38-26-15-17-32(5)25(21-26)11-12-27-29-14-13-28(24(4)10-8-9-23(2)3)33(29,6)18-16-30(27)32/h11,23-24,26-30H,7-10,12-22H2,1-6H3,(H,35,36)/t24-,26+,27+,28-,29+,30+,32+,33-/m1/s1. The molecule has 1 unspecified atom stereocenters. The normalized spacial score (nSPS) is 37.0. The second-order valence-electron chi connectivity index (χ2n) is 14.4. The van der Waals surface area contributed by atoms with Gasteiger partial charge in [-0.25, -0.2) is 9.36 Å². The van der Waals surface area contributed by atoms with Crippen molar-refractivity contribution in [1.29, 1.82) is 0 Å². The molecule has 0 bridgehead atoms. The van der Waals surface area contributed by atoms with Gasteiger partial charge in [0, 0.05) is 0 Å². The van der Waals surface area contributed by atoms with Crippen LogP contribution in [0.5, 0.6) is 0 Å². The molecule has 4 aliphatic rings. The first-order valence-electron chi connectivity index (χ1n) is 16.5. The Bertz CT molecular complexity index is 965. The van der Waals surface area contributed by atoms with Crippen molar-refractivity contribution < 1.29 is 32.8 Å². The lowest BCUT2D eigenvalue weighted by atomic mass is 9.47. The maximum atomic E-state index is 12.0. The summed E-state index contributed by atoms with van der Waals surface area (Å²) in [6, 6.07) is 0. The highest BCUT2D eigenvalue weighted by Gasteiger charge is 2.59.